The highest BCUT2D eigenvalue weighted by Crippen LogP contribution is 2.33. The zero-order valence-electron chi connectivity index (χ0n) is 8.49. The van der Waals surface area contributed by atoms with Gasteiger partial charge in [-0.15, -0.1) is 0 Å². The first-order valence-electron chi connectivity index (χ1n) is 5.15. The summed E-state index contributed by atoms with van der Waals surface area (Å²) in [4.78, 5) is 0. The Bertz CT molecular complexity index is 403. The summed E-state index contributed by atoms with van der Waals surface area (Å²) in [6.07, 6.45) is 1.49. The minimum absolute atomic E-state index is 0.0346. The molecule has 1 aromatic carbocycles. The molecule has 1 aromatic rings. The number of benzene rings is 1. The van der Waals surface area contributed by atoms with Gasteiger partial charge in [-0.05, 0) is 59.4 Å². The maximum Gasteiger partial charge on any atom is 0.175 e. The van der Waals surface area contributed by atoms with E-state index in [1.54, 1.807) is 0 Å². The van der Waals surface area contributed by atoms with Gasteiger partial charge in [0.15, 0.2) is 11.6 Å². The van der Waals surface area contributed by atoms with Crippen LogP contribution in [0.3, 0.4) is 0 Å². The molecule has 1 aliphatic rings. The largest absolute Gasteiger partial charge is 0.317 e. The van der Waals surface area contributed by atoms with Crippen molar-refractivity contribution in [3.8, 4) is 0 Å². The number of halogens is 4. The zero-order chi connectivity index (χ0) is 11.7. The summed E-state index contributed by atoms with van der Waals surface area (Å²) in [7, 11) is 0. The molecule has 1 saturated heterocycles. The summed E-state index contributed by atoms with van der Waals surface area (Å²) in [5.41, 5.74) is 0.271. The van der Waals surface area contributed by atoms with Crippen molar-refractivity contribution >= 4 is 15.9 Å². The molecule has 0 radical (unpaired) electrons. The second-order valence-corrected chi connectivity index (χ2v) is 4.71. The predicted molar refractivity (Wildman–Crippen MR) is 58.9 cm³/mol. The highest BCUT2D eigenvalue weighted by atomic mass is 79.9. The molecule has 0 aromatic heterocycles. The SMILES string of the molecule is Fc1cc(C2CCNCC2)c(F)c(Br)c1F. The van der Waals surface area contributed by atoms with Gasteiger partial charge in [-0.1, -0.05) is 0 Å². The van der Waals surface area contributed by atoms with Crippen molar-refractivity contribution < 1.29 is 13.2 Å². The molecule has 0 spiro atoms. The van der Waals surface area contributed by atoms with Crippen molar-refractivity contribution in [1.82, 2.24) is 5.32 Å². The van der Waals surface area contributed by atoms with Crippen molar-refractivity contribution in [1.29, 1.82) is 0 Å². The minimum atomic E-state index is -1.16. The van der Waals surface area contributed by atoms with Gasteiger partial charge in [0.2, 0.25) is 0 Å². The van der Waals surface area contributed by atoms with E-state index < -0.39 is 21.9 Å². The fourth-order valence-electron chi connectivity index (χ4n) is 2.02. The Morgan fingerprint density at radius 2 is 1.75 bits per heavy atom. The molecule has 0 unspecified atom stereocenters. The molecule has 0 atom stereocenters. The molecule has 1 fully saturated rings. The number of nitrogens with one attached hydrogen (secondary N) is 1. The molecule has 2 rings (SSSR count). The van der Waals surface area contributed by atoms with Crippen LogP contribution in [0.25, 0.3) is 0 Å². The van der Waals surface area contributed by atoms with Crippen LogP contribution >= 0.6 is 15.9 Å². The van der Waals surface area contributed by atoms with Crippen LogP contribution in [0.2, 0.25) is 0 Å². The van der Waals surface area contributed by atoms with Crippen LogP contribution < -0.4 is 5.32 Å². The minimum Gasteiger partial charge on any atom is -0.317 e. The highest BCUT2D eigenvalue weighted by Gasteiger charge is 2.23. The van der Waals surface area contributed by atoms with Gasteiger partial charge >= 0.3 is 0 Å². The van der Waals surface area contributed by atoms with E-state index in [2.05, 4.69) is 21.2 Å². The fourth-order valence-corrected chi connectivity index (χ4v) is 2.44. The Balaban J connectivity index is 2.40. The molecule has 0 aliphatic carbocycles. The first-order chi connectivity index (χ1) is 7.61. The summed E-state index contributed by atoms with van der Waals surface area (Å²) >= 11 is 2.74. The lowest BCUT2D eigenvalue weighted by Gasteiger charge is -2.23. The number of hydrogen-bond acceptors (Lipinski definition) is 1. The van der Waals surface area contributed by atoms with Crippen LogP contribution in [0.5, 0.6) is 0 Å². The van der Waals surface area contributed by atoms with E-state index >= 15 is 0 Å². The predicted octanol–water partition coefficient (Wildman–Crippen LogP) is 3.33. The van der Waals surface area contributed by atoms with Gasteiger partial charge in [0.05, 0.1) is 4.47 Å². The second-order valence-electron chi connectivity index (χ2n) is 3.91. The average molecular weight is 294 g/mol. The monoisotopic (exact) mass is 293 g/mol. The normalized spacial score (nSPS) is 17.8. The van der Waals surface area contributed by atoms with Crippen molar-refractivity contribution in [2.45, 2.75) is 18.8 Å². The van der Waals surface area contributed by atoms with E-state index in [9.17, 15) is 13.2 Å². The molecule has 1 N–H and O–H groups in total. The van der Waals surface area contributed by atoms with E-state index in [0.29, 0.717) is 0 Å². The molecular weight excluding hydrogens is 283 g/mol. The van der Waals surface area contributed by atoms with Gasteiger partial charge < -0.3 is 5.32 Å². The molecule has 0 amide bonds. The Labute approximate surface area is 100 Å². The summed E-state index contributed by atoms with van der Waals surface area (Å²) in [6.45, 7) is 1.56. The number of rotatable bonds is 1. The molecule has 88 valence electrons. The fraction of sp³-hybridized carbons (Fsp3) is 0.455. The molecule has 1 heterocycles. The molecule has 0 bridgehead atoms. The maximum atomic E-state index is 13.8. The zero-order valence-corrected chi connectivity index (χ0v) is 10.1. The van der Waals surface area contributed by atoms with Crippen molar-refractivity contribution in [2.24, 2.45) is 0 Å². The van der Waals surface area contributed by atoms with E-state index in [4.69, 9.17) is 0 Å². The maximum absolute atomic E-state index is 13.8. The average Bonchev–Trinajstić information content (AvgIpc) is 2.32. The Morgan fingerprint density at radius 1 is 1.12 bits per heavy atom. The Hall–Kier alpha value is -0.550. The van der Waals surface area contributed by atoms with Crippen molar-refractivity contribution in [2.75, 3.05) is 13.1 Å². The van der Waals surface area contributed by atoms with Crippen LogP contribution in [-0.4, -0.2) is 13.1 Å². The lowest BCUT2D eigenvalue weighted by atomic mass is 9.90. The second kappa shape index (κ2) is 4.75. The molecule has 5 heteroatoms. The third-order valence-electron chi connectivity index (χ3n) is 2.91. The van der Waals surface area contributed by atoms with E-state index in [1.807, 2.05) is 0 Å². The van der Waals surface area contributed by atoms with Gasteiger partial charge in [0, 0.05) is 0 Å². The van der Waals surface area contributed by atoms with Crippen LogP contribution in [0, 0.1) is 17.5 Å². The summed E-state index contributed by atoms with van der Waals surface area (Å²) in [6, 6.07) is 0.978. The summed E-state index contributed by atoms with van der Waals surface area (Å²) in [5, 5.41) is 3.14. The van der Waals surface area contributed by atoms with Gasteiger partial charge in [-0.3, -0.25) is 0 Å². The Kier molecular flexibility index (Phi) is 3.54. The van der Waals surface area contributed by atoms with Crippen molar-refractivity contribution in [3.63, 3.8) is 0 Å². The van der Waals surface area contributed by atoms with Crippen LogP contribution in [0.1, 0.15) is 24.3 Å². The quantitative estimate of drug-likeness (QED) is 0.619. The molecule has 0 saturated carbocycles. The molecule has 1 aliphatic heterocycles. The standard InChI is InChI=1S/C11H11BrF3N/c12-9-10(14)7(5-8(13)11(9)15)6-1-3-16-4-2-6/h5-6,16H,1-4H2. The first kappa shape index (κ1) is 11.9. The van der Waals surface area contributed by atoms with Gasteiger partial charge in [-0.25, -0.2) is 13.2 Å². The van der Waals surface area contributed by atoms with E-state index in [1.165, 1.54) is 0 Å². The topological polar surface area (TPSA) is 12.0 Å². The Morgan fingerprint density at radius 3 is 2.38 bits per heavy atom. The van der Waals surface area contributed by atoms with Crippen molar-refractivity contribution in [3.05, 3.63) is 33.6 Å². The molecule has 1 nitrogen and oxygen atoms in total. The molecule has 16 heavy (non-hydrogen) atoms. The van der Waals surface area contributed by atoms with Gasteiger partial charge in [-0.2, -0.15) is 0 Å². The third-order valence-corrected chi connectivity index (χ3v) is 3.61. The molecular formula is C11H11BrF3N. The van der Waals surface area contributed by atoms with Crippen LogP contribution in [-0.2, 0) is 0 Å². The highest BCUT2D eigenvalue weighted by molar-refractivity contribution is 9.10. The van der Waals surface area contributed by atoms with Gasteiger partial charge in [0.25, 0.3) is 0 Å². The summed E-state index contributed by atoms with van der Waals surface area (Å²) in [5.74, 6) is -2.87. The van der Waals surface area contributed by atoms with Gasteiger partial charge in [0.1, 0.15) is 5.82 Å². The van der Waals surface area contributed by atoms with Crippen LogP contribution in [0.15, 0.2) is 10.5 Å². The lowest BCUT2D eigenvalue weighted by Crippen LogP contribution is -2.27. The first-order valence-corrected chi connectivity index (χ1v) is 5.94. The summed E-state index contributed by atoms with van der Waals surface area (Å²) < 4.78 is 39.6. The van der Waals surface area contributed by atoms with Crippen LogP contribution in [0.4, 0.5) is 13.2 Å². The lowest BCUT2D eigenvalue weighted by molar-refractivity contribution is 0.430. The number of hydrogen-bond donors (Lipinski definition) is 1. The third kappa shape index (κ3) is 2.11. The number of piperidine rings is 1. The van der Waals surface area contributed by atoms with E-state index in [-0.39, 0.29) is 11.5 Å². The smallest absolute Gasteiger partial charge is 0.175 e. The van der Waals surface area contributed by atoms with E-state index in [0.717, 1.165) is 32.0 Å².